The molecule has 5 heteroatoms. The Bertz CT molecular complexity index is 772. The fourth-order valence-electron chi connectivity index (χ4n) is 2.34. The number of hydrogen-bond acceptors (Lipinski definition) is 3. The molecule has 1 aliphatic rings. The normalized spacial score (nSPS) is 15.4. The average Bonchev–Trinajstić information content (AvgIpc) is 2.59. The molecule has 2 amide bonds. The second kappa shape index (κ2) is 6.71. The van der Waals surface area contributed by atoms with E-state index in [4.69, 9.17) is 0 Å². The largest absolute Gasteiger partial charge is 0.358 e. The summed E-state index contributed by atoms with van der Waals surface area (Å²) in [5.74, 6) is -0.347. The smallest absolute Gasteiger partial charge is 0.265 e. The first kappa shape index (κ1) is 15.4. The molecule has 0 atom stereocenters. The summed E-state index contributed by atoms with van der Waals surface area (Å²) in [6.07, 6.45) is 1.86. The summed E-state index contributed by atoms with van der Waals surface area (Å²) in [5.41, 5.74) is 1.74. The highest BCUT2D eigenvalue weighted by molar-refractivity contribution is 8.04. The molecular weight excluding hydrogens is 308 g/mol. The van der Waals surface area contributed by atoms with Gasteiger partial charge in [0.1, 0.15) is 6.54 Å². The number of fused-ring (bicyclic) bond motifs is 1. The van der Waals surface area contributed by atoms with E-state index in [1.54, 1.807) is 7.05 Å². The number of carbonyl (C=O) groups is 2. The van der Waals surface area contributed by atoms with Crippen molar-refractivity contribution in [2.75, 3.05) is 18.5 Å². The van der Waals surface area contributed by atoms with Crippen LogP contribution in [0.5, 0.6) is 0 Å². The number of anilines is 1. The Balaban J connectivity index is 2.01. The van der Waals surface area contributed by atoms with Crippen LogP contribution in [-0.2, 0) is 9.59 Å². The number of benzene rings is 2. The van der Waals surface area contributed by atoms with Crippen molar-refractivity contribution in [3.63, 3.8) is 0 Å². The van der Waals surface area contributed by atoms with Gasteiger partial charge in [0.25, 0.3) is 5.91 Å². The van der Waals surface area contributed by atoms with Gasteiger partial charge in [-0.15, -0.1) is 0 Å². The molecular formula is C18H16N2O2S. The standard InChI is InChI=1S/C18H16N2O2S/c1-19-17(21)12-20-14-9-5-6-10-15(14)23-16(18(20)22)11-13-7-3-2-4-8-13/h2-11H,12H2,1H3,(H,19,21)/b16-11-. The molecule has 0 saturated carbocycles. The quantitative estimate of drug-likeness (QED) is 0.883. The van der Waals surface area contributed by atoms with Gasteiger partial charge in [0.15, 0.2) is 0 Å². The van der Waals surface area contributed by atoms with Crippen molar-refractivity contribution in [1.29, 1.82) is 0 Å². The minimum Gasteiger partial charge on any atom is -0.358 e. The Hall–Kier alpha value is -2.53. The maximum absolute atomic E-state index is 12.8. The first-order chi connectivity index (χ1) is 11.2. The molecule has 0 aromatic heterocycles. The Morgan fingerprint density at radius 3 is 2.57 bits per heavy atom. The van der Waals surface area contributed by atoms with Gasteiger partial charge >= 0.3 is 0 Å². The highest BCUT2D eigenvalue weighted by Crippen LogP contribution is 2.41. The van der Waals surface area contributed by atoms with E-state index in [-0.39, 0.29) is 18.4 Å². The average molecular weight is 324 g/mol. The Labute approximate surface area is 139 Å². The molecule has 0 saturated heterocycles. The maximum atomic E-state index is 12.8. The molecule has 1 aliphatic heterocycles. The van der Waals surface area contributed by atoms with E-state index in [2.05, 4.69) is 5.32 Å². The number of para-hydroxylation sites is 1. The predicted octanol–water partition coefficient (Wildman–Crippen LogP) is 2.91. The topological polar surface area (TPSA) is 49.4 Å². The fourth-order valence-corrected chi connectivity index (χ4v) is 3.40. The summed E-state index contributed by atoms with van der Waals surface area (Å²) in [6, 6.07) is 17.3. The second-order valence-electron chi connectivity index (χ2n) is 5.05. The lowest BCUT2D eigenvalue weighted by atomic mass is 10.2. The number of thioether (sulfide) groups is 1. The van der Waals surface area contributed by atoms with Gasteiger partial charge in [-0.05, 0) is 23.8 Å². The van der Waals surface area contributed by atoms with Gasteiger partial charge in [-0.1, -0.05) is 54.2 Å². The van der Waals surface area contributed by atoms with Gasteiger partial charge in [-0.3, -0.25) is 14.5 Å². The van der Waals surface area contributed by atoms with E-state index in [0.717, 1.165) is 16.1 Å². The number of hydrogen-bond donors (Lipinski definition) is 1. The molecule has 1 N–H and O–H groups in total. The van der Waals surface area contributed by atoms with Crippen LogP contribution in [-0.4, -0.2) is 25.4 Å². The molecule has 23 heavy (non-hydrogen) atoms. The van der Waals surface area contributed by atoms with Crippen LogP contribution < -0.4 is 10.2 Å². The molecule has 1 heterocycles. The third kappa shape index (κ3) is 3.29. The highest BCUT2D eigenvalue weighted by atomic mass is 32.2. The highest BCUT2D eigenvalue weighted by Gasteiger charge is 2.30. The molecule has 0 unspecified atom stereocenters. The van der Waals surface area contributed by atoms with Crippen LogP contribution in [0.1, 0.15) is 5.56 Å². The number of likely N-dealkylation sites (N-methyl/N-ethyl adjacent to an activating group) is 1. The minimum absolute atomic E-state index is 0.0129. The molecule has 4 nitrogen and oxygen atoms in total. The van der Waals surface area contributed by atoms with Crippen molar-refractivity contribution in [3.05, 3.63) is 65.1 Å². The van der Waals surface area contributed by atoms with Gasteiger partial charge in [-0.25, -0.2) is 0 Å². The Morgan fingerprint density at radius 2 is 1.83 bits per heavy atom. The molecule has 0 fully saturated rings. The number of carbonyl (C=O) groups excluding carboxylic acids is 2. The van der Waals surface area contributed by atoms with E-state index < -0.39 is 0 Å². The van der Waals surface area contributed by atoms with Crippen molar-refractivity contribution < 1.29 is 9.59 Å². The van der Waals surface area contributed by atoms with E-state index in [1.165, 1.54) is 16.7 Å². The molecule has 2 aromatic rings. The van der Waals surface area contributed by atoms with E-state index in [0.29, 0.717) is 4.91 Å². The van der Waals surface area contributed by atoms with Crippen LogP contribution in [0.3, 0.4) is 0 Å². The third-order valence-corrected chi connectivity index (χ3v) is 4.59. The molecule has 2 aromatic carbocycles. The first-order valence-electron chi connectivity index (χ1n) is 7.25. The van der Waals surface area contributed by atoms with E-state index >= 15 is 0 Å². The van der Waals surface area contributed by atoms with Gasteiger partial charge in [0.05, 0.1) is 10.6 Å². The van der Waals surface area contributed by atoms with Gasteiger partial charge < -0.3 is 5.32 Å². The van der Waals surface area contributed by atoms with Crippen LogP contribution in [0.4, 0.5) is 5.69 Å². The lowest BCUT2D eigenvalue weighted by Gasteiger charge is -2.29. The van der Waals surface area contributed by atoms with Crippen molar-refractivity contribution in [3.8, 4) is 0 Å². The molecule has 0 spiro atoms. The minimum atomic E-state index is -0.195. The first-order valence-corrected chi connectivity index (χ1v) is 8.07. The summed E-state index contributed by atoms with van der Waals surface area (Å²) in [5, 5.41) is 2.57. The van der Waals surface area contributed by atoms with Crippen LogP contribution in [0, 0.1) is 0 Å². The number of rotatable bonds is 3. The summed E-state index contributed by atoms with van der Waals surface area (Å²) in [6.45, 7) is 0.0129. The lowest BCUT2D eigenvalue weighted by molar-refractivity contribution is -0.122. The van der Waals surface area contributed by atoms with E-state index in [9.17, 15) is 9.59 Å². The monoisotopic (exact) mass is 324 g/mol. The SMILES string of the molecule is CNC(=O)CN1C(=O)/C(=C/c2ccccc2)Sc2ccccc21. The fraction of sp³-hybridized carbons (Fsp3) is 0.111. The Morgan fingerprint density at radius 1 is 1.13 bits per heavy atom. The van der Waals surface area contributed by atoms with Crippen LogP contribution in [0.2, 0.25) is 0 Å². The number of nitrogens with zero attached hydrogens (tertiary/aromatic N) is 1. The molecule has 0 radical (unpaired) electrons. The zero-order valence-corrected chi connectivity index (χ0v) is 13.5. The van der Waals surface area contributed by atoms with Crippen molar-refractivity contribution in [2.45, 2.75) is 4.90 Å². The van der Waals surface area contributed by atoms with Crippen molar-refractivity contribution in [1.82, 2.24) is 5.32 Å². The molecule has 0 bridgehead atoms. The van der Waals surface area contributed by atoms with Crippen LogP contribution >= 0.6 is 11.8 Å². The summed E-state index contributed by atoms with van der Waals surface area (Å²) in [7, 11) is 1.57. The van der Waals surface area contributed by atoms with Gasteiger partial charge in [0.2, 0.25) is 5.91 Å². The van der Waals surface area contributed by atoms with Crippen LogP contribution in [0.25, 0.3) is 6.08 Å². The van der Waals surface area contributed by atoms with Crippen molar-refractivity contribution >= 4 is 35.3 Å². The summed E-state index contributed by atoms with van der Waals surface area (Å²) < 4.78 is 0. The maximum Gasteiger partial charge on any atom is 0.265 e. The molecule has 0 aliphatic carbocycles. The molecule has 116 valence electrons. The zero-order chi connectivity index (χ0) is 16.2. The predicted molar refractivity (Wildman–Crippen MR) is 93.1 cm³/mol. The molecule has 3 rings (SSSR count). The van der Waals surface area contributed by atoms with Gasteiger partial charge in [-0.2, -0.15) is 0 Å². The lowest BCUT2D eigenvalue weighted by Crippen LogP contribution is -2.41. The number of amides is 2. The van der Waals surface area contributed by atoms with Crippen LogP contribution in [0.15, 0.2) is 64.4 Å². The zero-order valence-electron chi connectivity index (χ0n) is 12.7. The van der Waals surface area contributed by atoms with E-state index in [1.807, 2.05) is 60.7 Å². The number of nitrogens with one attached hydrogen (secondary N) is 1. The third-order valence-electron chi connectivity index (χ3n) is 3.51. The van der Waals surface area contributed by atoms with Gasteiger partial charge in [0, 0.05) is 11.9 Å². The Kier molecular flexibility index (Phi) is 4.48. The summed E-state index contributed by atoms with van der Waals surface area (Å²) >= 11 is 1.44. The van der Waals surface area contributed by atoms with Crippen molar-refractivity contribution in [2.24, 2.45) is 0 Å². The second-order valence-corrected chi connectivity index (χ2v) is 6.14. The summed E-state index contributed by atoms with van der Waals surface area (Å²) in [4.78, 5) is 27.7.